The van der Waals surface area contributed by atoms with Crippen LogP contribution < -0.4 is 5.32 Å². The number of anilines is 2. The average Bonchev–Trinajstić information content (AvgIpc) is 3.10. The van der Waals surface area contributed by atoms with E-state index in [1.807, 2.05) is 55.8 Å². The molecule has 0 aliphatic rings. The molecular weight excluding hydrogens is 342 g/mol. The fourth-order valence-corrected chi connectivity index (χ4v) is 3.28. The van der Waals surface area contributed by atoms with E-state index in [-0.39, 0.29) is 12.4 Å². The lowest BCUT2D eigenvalue weighted by atomic mass is 10.3. The Bertz CT molecular complexity index is 991. The number of hydrogen-bond acceptors (Lipinski definition) is 5. The van der Waals surface area contributed by atoms with Crippen LogP contribution >= 0.6 is 23.7 Å². The van der Waals surface area contributed by atoms with Crippen molar-refractivity contribution in [1.82, 2.24) is 19.4 Å². The number of pyridine rings is 2. The highest BCUT2D eigenvalue weighted by molar-refractivity contribution is 7.14. The van der Waals surface area contributed by atoms with Gasteiger partial charge in [-0.1, -0.05) is 6.07 Å². The van der Waals surface area contributed by atoms with Crippen LogP contribution in [0.2, 0.25) is 0 Å². The second-order valence-electron chi connectivity index (χ2n) is 5.36. The highest BCUT2D eigenvalue weighted by Crippen LogP contribution is 2.29. The SMILES string of the molecule is Cc1ccnc(Nc2nc(-c3c(C)nc4ccccn34)cs2)c1.Cl. The molecule has 0 aliphatic heterocycles. The number of hydrogen-bond donors (Lipinski definition) is 1. The molecule has 0 spiro atoms. The van der Waals surface area contributed by atoms with Gasteiger partial charge in [0.1, 0.15) is 17.2 Å². The van der Waals surface area contributed by atoms with Gasteiger partial charge in [0.2, 0.25) is 0 Å². The van der Waals surface area contributed by atoms with E-state index in [4.69, 9.17) is 4.98 Å². The molecule has 0 unspecified atom stereocenters. The highest BCUT2D eigenvalue weighted by Gasteiger charge is 2.14. The molecule has 4 heterocycles. The van der Waals surface area contributed by atoms with Gasteiger partial charge in [-0.05, 0) is 43.7 Å². The molecule has 4 aromatic rings. The van der Waals surface area contributed by atoms with Crippen LogP contribution in [0, 0.1) is 13.8 Å². The third-order valence-corrected chi connectivity index (χ3v) is 4.36. The molecule has 0 aliphatic carbocycles. The monoisotopic (exact) mass is 357 g/mol. The summed E-state index contributed by atoms with van der Waals surface area (Å²) >= 11 is 1.56. The number of fused-ring (bicyclic) bond motifs is 1. The summed E-state index contributed by atoms with van der Waals surface area (Å²) < 4.78 is 2.07. The molecule has 0 aromatic carbocycles. The van der Waals surface area contributed by atoms with Crippen molar-refractivity contribution >= 4 is 40.3 Å². The Hall–Kier alpha value is -2.44. The second-order valence-corrected chi connectivity index (χ2v) is 6.21. The summed E-state index contributed by atoms with van der Waals surface area (Å²) in [7, 11) is 0. The molecule has 1 N–H and O–H groups in total. The van der Waals surface area contributed by atoms with Crippen LogP contribution in [0.15, 0.2) is 48.1 Å². The van der Waals surface area contributed by atoms with Crippen molar-refractivity contribution in [2.24, 2.45) is 0 Å². The first kappa shape index (κ1) is 16.4. The first-order chi connectivity index (χ1) is 11.2. The van der Waals surface area contributed by atoms with E-state index < -0.39 is 0 Å². The predicted molar refractivity (Wildman–Crippen MR) is 101 cm³/mol. The quantitative estimate of drug-likeness (QED) is 0.580. The van der Waals surface area contributed by atoms with Gasteiger partial charge < -0.3 is 5.32 Å². The summed E-state index contributed by atoms with van der Waals surface area (Å²) in [5, 5.41) is 6.13. The van der Waals surface area contributed by atoms with Gasteiger partial charge >= 0.3 is 0 Å². The molecule has 4 aromatic heterocycles. The van der Waals surface area contributed by atoms with Gasteiger partial charge in [0.15, 0.2) is 5.13 Å². The molecule has 122 valence electrons. The van der Waals surface area contributed by atoms with Crippen LogP contribution in [-0.2, 0) is 0 Å². The Kier molecular flexibility index (Phi) is 4.51. The molecule has 0 atom stereocenters. The van der Waals surface area contributed by atoms with Crippen LogP contribution in [-0.4, -0.2) is 19.4 Å². The Morgan fingerprint density at radius 2 is 2.00 bits per heavy atom. The van der Waals surface area contributed by atoms with Gasteiger partial charge in [0, 0.05) is 17.8 Å². The smallest absolute Gasteiger partial charge is 0.188 e. The van der Waals surface area contributed by atoms with E-state index >= 15 is 0 Å². The van der Waals surface area contributed by atoms with Crippen LogP contribution in [0.25, 0.3) is 17.0 Å². The fraction of sp³-hybridized carbons (Fsp3) is 0.118. The Morgan fingerprint density at radius 3 is 2.83 bits per heavy atom. The summed E-state index contributed by atoms with van der Waals surface area (Å²) in [6.45, 7) is 4.05. The van der Waals surface area contributed by atoms with Gasteiger partial charge in [0.05, 0.1) is 11.4 Å². The summed E-state index contributed by atoms with van der Waals surface area (Å²) in [4.78, 5) is 13.6. The zero-order valence-electron chi connectivity index (χ0n) is 13.2. The molecule has 0 saturated carbocycles. The maximum Gasteiger partial charge on any atom is 0.188 e. The van der Waals surface area contributed by atoms with Gasteiger partial charge in [0.25, 0.3) is 0 Å². The van der Waals surface area contributed by atoms with Crippen molar-refractivity contribution < 1.29 is 0 Å². The zero-order valence-corrected chi connectivity index (χ0v) is 14.9. The number of nitrogens with zero attached hydrogens (tertiary/aromatic N) is 4. The number of thiazole rings is 1. The third-order valence-electron chi connectivity index (χ3n) is 3.60. The Labute approximate surface area is 149 Å². The molecule has 7 heteroatoms. The van der Waals surface area contributed by atoms with Crippen LogP contribution in [0.5, 0.6) is 0 Å². The molecule has 0 radical (unpaired) electrons. The minimum absolute atomic E-state index is 0. The van der Waals surface area contributed by atoms with E-state index in [1.165, 1.54) is 0 Å². The minimum atomic E-state index is 0. The number of rotatable bonds is 3. The van der Waals surface area contributed by atoms with E-state index in [0.717, 1.165) is 39.2 Å². The molecule has 0 saturated heterocycles. The maximum absolute atomic E-state index is 4.70. The van der Waals surface area contributed by atoms with Crippen molar-refractivity contribution in [1.29, 1.82) is 0 Å². The molecule has 24 heavy (non-hydrogen) atoms. The molecule has 0 bridgehead atoms. The molecule has 4 rings (SSSR count). The lowest BCUT2D eigenvalue weighted by Crippen LogP contribution is -1.94. The summed E-state index contributed by atoms with van der Waals surface area (Å²) in [5.74, 6) is 0.806. The zero-order chi connectivity index (χ0) is 15.8. The Balaban J connectivity index is 0.00000169. The number of aromatic nitrogens is 4. The van der Waals surface area contributed by atoms with Gasteiger partial charge in [-0.25, -0.2) is 15.0 Å². The van der Waals surface area contributed by atoms with E-state index in [2.05, 4.69) is 19.7 Å². The summed E-state index contributed by atoms with van der Waals surface area (Å²) in [5.41, 5.74) is 5.02. The first-order valence-electron chi connectivity index (χ1n) is 7.30. The number of imidazole rings is 1. The molecule has 0 amide bonds. The third kappa shape index (κ3) is 2.98. The van der Waals surface area contributed by atoms with Crippen LogP contribution in [0.3, 0.4) is 0 Å². The van der Waals surface area contributed by atoms with E-state index in [1.54, 1.807) is 17.5 Å². The predicted octanol–water partition coefficient (Wildman–Crippen LogP) is 4.64. The Morgan fingerprint density at radius 1 is 1.12 bits per heavy atom. The number of nitrogens with one attached hydrogen (secondary N) is 1. The molecule has 0 fully saturated rings. The lowest BCUT2D eigenvalue weighted by molar-refractivity contribution is 1.17. The van der Waals surface area contributed by atoms with Gasteiger partial charge in [-0.3, -0.25) is 4.40 Å². The van der Waals surface area contributed by atoms with Crippen molar-refractivity contribution in [2.45, 2.75) is 13.8 Å². The maximum atomic E-state index is 4.70. The van der Waals surface area contributed by atoms with Crippen molar-refractivity contribution in [2.75, 3.05) is 5.32 Å². The lowest BCUT2D eigenvalue weighted by Gasteiger charge is -2.02. The second kappa shape index (κ2) is 6.59. The number of halogens is 1. The largest absolute Gasteiger partial charge is 0.316 e. The van der Waals surface area contributed by atoms with Crippen molar-refractivity contribution in [3.63, 3.8) is 0 Å². The van der Waals surface area contributed by atoms with Crippen LogP contribution in [0.1, 0.15) is 11.3 Å². The van der Waals surface area contributed by atoms with Gasteiger partial charge in [-0.2, -0.15) is 0 Å². The molecule has 5 nitrogen and oxygen atoms in total. The topological polar surface area (TPSA) is 55.1 Å². The fourth-order valence-electron chi connectivity index (χ4n) is 2.58. The standard InChI is InChI=1S/C17H15N5S.ClH/c1-11-6-7-18-14(9-11)21-17-20-13(10-23-17)16-12(2)19-15-5-3-4-8-22(15)16;/h3-10H,1-2H3,(H,18,20,21);1H. The van der Waals surface area contributed by atoms with E-state index in [0.29, 0.717) is 0 Å². The summed E-state index contributed by atoms with van der Waals surface area (Å²) in [6.07, 6.45) is 3.81. The van der Waals surface area contributed by atoms with Crippen molar-refractivity contribution in [3.8, 4) is 11.4 Å². The van der Waals surface area contributed by atoms with Crippen molar-refractivity contribution in [3.05, 3.63) is 59.4 Å². The first-order valence-corrected chi connectivity index (χ1v) is 8.18. The van der Waals surface area contributed by atoms with E-state index in [9.17, 15) is 0 Å². The summed E-state index contributed by atoms with van der Waals surface area (Å²) in [6, 6.07) is 9.96. The number of aryl methyl sites for hydroxylation is 2. The molecular formula is C17H16ClN5S. The minimum Gasteiger partial charge on any atom is -0.316 e. The van der Waals surface area contributed by atoms with Crippen LogP contribution in [0.4, 0.5) is 10.9 Å². The average molecular weight is 358 g/mol. The normalized spacial score (nSPS) is 10.6. The highest BCUT2D eigenvalue weighted by atomic mass is 35.5. The van der Waals surface area contributed by atoms with Gasteiger partial charge in [-0.15, -0.1) is 23.7 Å².